The molecule has 0 saturated carbocycles. The Kier molecular flexibility index (Phi) is 5.64. The van der Waals surface area contributed by atoms with Gasteiger partial charge in [-0.3, -0.25) is 4.79 Å². The molecule has 0 atom stereocenters. The molecule has 0 aliphatic rings. The van der Waals surface area contributed by atoms with E-state index in [0.717, 1.165) is 16.9 Å². The maximum Gasteiger partial charge on any atom is 0.251 e. The predicted octanol–water partition coefficient (Wildman–Crippen LogP) is 4.37. The standard InChI is InChI=1S/C23H17ClN4O2/c24-19-7-8-22-27-20(14-28(22)13-19)12-26-23(29)18-5-1-4-17(9-18)15-30-21-6-2-3-16(10-21)11-25/h1-10,13-14H,12,15H2,(H,26,29). The molecule has 6 nitrogen and oxygen atoms in total. The Morgan fingerprint density at radius 2 is 2.00 bits per heavy atom. The van der Waals surface area contributed by atoms with Crippen molar-refractivity contribution in [1.82, 2.24) is 14.7 Å². The van der Waals surface area contributed by atoms with Crippen molar-refractivity contribution in [2.75, 3.05) is 0 Å². The minimum Gasteiger partial charge on any atom is -0.489 e. The van der Waals surface area contributed by atoms with Crippen LogP contribution in [0.3, 0.4) is 0 Å². The fourth-order valence-corrected chi connectivity index (χ4v) is 3.17. The number of hydrogen-bond acceptors (Lipinski definition) is 4. The molecule has 0 aliphatic heterocycles. The number of halogens is 1. The van der Waals surface area contributed by atoms with Gasteiger partial charge in [0.2, 0.25) is 0 Å². The molecule has 1 amide bonds. The molecule has 0 saturated heterocycles. The van der Waals surface area contributed by atoms with Crippen LogP contribution in [0.4, 0.5) is 0 Å². The normalized spacial score (nSPS) is 10.5. The highest BCUT2D eigenvalue weighted by Gasteiger charge is 2.09. The third-order valence-corrected chi connectivity index (χ3v) is 4.68. The van der Waals surface area contributed by atoms with Crippen LogP contribution in [-0.4, -0.2) is 15.3 Å². The summed E-state index contributed by atoms with van der Waals surface area (Å²) >= 11 is 5.99. The Labute approximate surface area is 178 Å². The van der Waals surface area contributed by atoms with E-state index in [1.165, 1.54) is 0 Å². The Morgan fingerprint density at radius 3 is 2.87 bits per heavy atom. The van der Waals surface area contributed by atoms with E-state index in [2.05, 4.69) is 16.4 Å². The third-order valence-electron chi connectivity index (χ3n) is 4.45. The number of ether oxygens (including phenoxy) is 1. The van der Waals surface area contributed by atoms with Crippen LogP contribution in [0.1, 0.15) is 27.2 Å². The van der Waals surface area contributed by atoms with Gasteiger partial charge in [0.15, 0.2) is 0 Å². The average molecular weight is 417 g/mol. The zero-order chi connectivity index (χ0) is 20.9. The van der Waals surface area contributed by atoms with Crippen LogP contribution < -0.4 is 10.1 Å². The lowest BCUT2D eigenvalue weighted by molar-refractivity contribution is 0.0950. The zero-order valence-corrected chi connectivity index (χ0v) is 16.6. The quantitative estimate of drug-likeness (QED) is 0.506. The second-order valence-corrected chi connectivity index (χ2v) is 7.09. The monoisotopic (exact) mass is 416 g/mol. The van der Waals surface area contributed by atoms with Gasteiger partial charge in [0, 0.05) is 18.0 Å². The summed E-state index contributed by atoms with van der Waals surface area (Å²) in [5.74, 6) is 0.411. The van der Waals surface area contributed by atoms with E-state index in [0.29, 0.717) is 35.1 Å². The van der Waals surface area contributed by atoms with E-state index in [1.54, 1.807) is 48.7 Å². The second kappa shape index (κ2) is 8.68. The minimum atomic E-state index is -0.196. The van der Waals surface area contributed by atoms with Gasteiger partial charge < -0.3 is 14.5 Å². The SMILES string of the molecule is N#Cc1cccc(OCc2cccc(C(=O)NCc3cn4cc(Cl)ccc4n3)c2)c1. The number of fused-ring (bicyclic) bond motifs is 1. The summed E-state index contributed by atoms with van der Waals surface area (Å²) in [4.78, 5) is 17.0. The van der Waals surface area contributed by atoms with Gasteiger partial charge in [0.05, 0.1) is 28.9 Å². The minimum absolute atomic E-state index is 0.196. The highest BCUT2D eigenvalue weighted by Crippen LogP contribution is 2.16. The lowest BCUT2D eigenvalue weighted by Gasteiger charge is -2.08. The Hall–Kier alpha value is -3.82. The van der Waals surface area contributed by atoms with E-state index in [-0.39, 0.29) is 5.91 Å². The number of aromatic nitrogens is 2. The number of nitriles is 1. The van der Waals surface area contributed by atoms with Crippen LogP contribution in [0.5, 0.6) is 5.75 Å². The number of carbonyl (C=O) groups excluding carboxylic acids is 1. The van der Waals surface area contributed by atoms with E-state index < -0.39 is 0 Å². The Bertz CT molecular complexity index is 1260. The van der Waals surface area contributed by atoms with Crippen LogP contribution >= 0.6 is 11.6 Å². The van der Waals surface area contributed by atoms with Crippen molar-refractivity contribution in [3.63, 3.8) is 0 Å². The fraction of sp³-hybridized carbons (Fsp3) is 0.0870. The van der Waals surface area contributed by atoms with Crippen molar-refractivity contribution in [1.29, 1.82) is 5.26 Å². The number of pyridine rings is 1. The van der Waals surface area contributed by atoms with Crippen molar-refractivity contribution in [3.8, 4) is 11.8 Å². The molecule has 0 radical (unpaired) electrons. The first kappa shape index (κ1) is 19.5. The number of nitrogens with zero attached hydrogens (tertiary/aromatic N) is 3. The van der Waals surface area contributed by atoms with Gasteiger partial charge in [0.25, 0.3) is 5.91 Å². The first-order valence-corrected chi connectivity index (χ1v) is 9.62. The van der Waals surface area contributed by atoms with Gasteiger partial charge in [-0.15, -0.1) is 0 Å². The first-order chi connectivity index (χ1) is 14.6. The van der Waals surface area contributed by atoms with E-state index in [9.17, 15) is 4.79 Å². The van der Waals surface area contributed by atoms with Gasteiger partial charge in [-0.05, 0) is 48.0 Å². The molecule has 7 heteroatoms. The van der Waals surface area contributed by atoms with E-state index in [4.69, 9.17) is 21.6 Å². The highest BCUT2D eigenvalue weighted by molar-refractivity contribution is 6.30. The molecule has 2 aromatic heterocycles. The molecule has 0 bridgehead atoms. The molecule has 4 rings (SSSR count). The maximum atomic E-state index is 12.6. The molecule has 2 heterocycles. The first-order valence-electron chi connectivity index (χ1n) is 9.24. The number of imidazole rings is 1. The van der Waals surface area contributed by atoms with E-state index in [1.807, 2.05) is 28.8 Å². The predicted molar refractivity (Wildman–Crippen MR) is 113 cm³/mol. The molecular formula is C23H17ClN4O2. The Morgan fingerprint density at radius 1 is 1.13 bits per heavy atom. The largest absolute Gasteiger partial charge is 0.489 e. The van der Waals surface area contributed by atoms with Crippen LogP contribution in [-0.2, 0) is 13.2 Å². The van der Waals surface area contributed by atoms with Gasteiger partial charge in [-0.1, -0.05) is 29.8 Å². The van der Waals surface area contributed by atoms with Crippen LogP contribution in [0.25, 0.3) is 5.65 Å². The van der Waals surface area contributed by atoms with Crippen LogP contribution in [0.2, 0.25) is 5.02 Å². The number of rotatable bonds is 6. The van der Waals surface area contributed by atoms with Crippen molar-refractivity contribution in [3.05, 3.63) is 100 Å². The lowest BCUT2D eigenvalue weighted by Crippen LogP contribution is -2.23. The summed E-state index contributed by atoms with van der Waals surface area (Å²) < 4.78 is 7.56. The average Bonchev–Trinajstić information content (AvgIpc) is 3.18. The second-order valence-electron chi connectivity index (χ2n) is 6.66. The van der Waals surface area contributed by atoms with E-state index >= 15 is 0 Å². The molecular weight excluding hydrogens is 400 g/mol. The molecule has 4 aromatic rings. The van der Waals surface area contributed by atoms with Crippen LogP contribution in [0.15, 0.2) is 73.1 Å². The fourth-order valence-electron chi connectivity index (χ4n) is 3.00. The number of nitrogens with one attached hydrogen (secondary N) is 1. The summed E-state index contributed by atoms with van der Waals surface area (Å²) in [5, 5.41) is 12.5. The molecule has 0 spiro atoms. The summed E-state index contributed by atoms with van der Waals surface area (Å²) in [7, 11) is 0. The van der Waals surface area contributed by atoms with Gasteiger partial charge in [-0.25, -0.2) is 4.98 Å². The summed E-state index contributed by atoms with van der Waals surface area (Å²) in [6, 6.07) is 19.9. The van der Waals surface area contributed by atoms with Crippen LogP contribution in [0, 0.1) is 11.3 Å². The smallest absolute Gasteiger partial charge is 0.251 e. The number of hydrogen-bond donors (Lipinski definition) is 1. The molecule has 0 unspecified atom stereocenters. The number of benzene rings is 2. The summed E-state index contributed by atoms with van der Waals surface area (Å²) in [5.41, 5.74) is 3.43. The number of amides is 1. The lowest BCUT2D eigenvalue weighted by atomic mass is 10.1. The van der Waals surface area contributed by atoms with Crippen molar-refractivity contribution >= 4 is 23.2 Å². The van der Waals surface area contributed by atoms with Gasteiger partial charge >= 0.3 is 0 Å². The van der Waals surface area contributed by atoms with Gasteiger partial charge in [0.1, 0.15) is 18.0 Å². The molecule has 2 aromatic carbocycles. The Balaban J connectivity index is 1.38. The number of carbonyl (C=O) groups is 1. The highest BCUT2D eigenvalue weighted by atomic mass is 35.5. The van der Waals surface area contributed by atoms with Crippen molar-refractivity contribution < 1.29 is 9.53 Å². The maximum absolute atomic E-state index is 12.6. The van der Waals surface area contributed by atoms with Gasteiger partial charge in [-0.2, -0.15) is 5.26 Å². The zero-order valence-electron chi connectivity index (χ0n) is 15.9. The summed E-state index contributed by atoms with van der Waals surface area (Å²) in [6.07, 6.45) is 3.60. The van der Waals surface area contributed by atoms with Crippen molar-refractivity contribution in [2.45, 2.75) is 13.2 Å². The molecule has 148 valence electrons. The molecule has 30 heavy (non-hydrogen) atoms. The topological polar surface area (TPSA) is 79.4 Å². The molecule has 1 N–H and O–H groups in total. The van der Waals surface area contributed by atoms with Crippen molar-refractivity contribution in [2.24, 2.45) is 0 Å². The summed E-state index contributed by atoms with van der Waals surface area (Å²) in [6.45, 7) is 0.600. The third kappa shape index (κ3) is 4.59. The molecule has 0 aliphatic carbocycles. The molecule has 0 fully saturated rings.